The molecule has 66 valence electrons. The van der Waals surface area contributed by atoms with Gasteiger partial charge in [0.15, 0.2) is 5.13 Å². The third-order valence-electron chi connectivity index (χ3n) is 1.31. The second-order valence-electron chi connectivity index (χ2n) is 2.16. The number of hydrogen-bond donors (Lipinski definition) is 1. The minimum atomic E-state index is -0.155. The number of carbonyl (C=O) groups is 1. The molecular formula is C7H5N3OS2. The first kappa shape index (κ1) is 8.33. The topological polar surface area (TPSA) is 54.9 Å². The summed E-state index contributed by atoms with van der Waals surface area (Å²) in [5.74, 6) is -0.155. The second-order valence-corrected chi connectivity index (χ2v) is 3.94. The lowest BCUT2D eigenvalue weighted by Crippen LogP contribution is -2.09. The largest absolute Gasteiger partial charge is 0.297 e. The summed E-state index contributed by atoms with van der Waals surface area (Å²) in [5.41, 5.74) is 1.62. The van der Waals surface area contributed by atoms with Gasteiger partial charge in [-0.05, 0) is 0 Å². The molecule has 0 fully saturated rings. The summed E-state index contributed by atoms with van der Waals surface area (Å²) < 4.78 is 0. The molecule has 0 aromatic carbocycles. The number of nitrogens with one attached hydrogen (secondary N) is 1. The minimum absolute atomic E-state index is 0.155. The van der Waals surface area contributed by atoms with Crippen LogP contribution in [0.1, 0.15) is 9.67 Å². The average Bonchev–Trinajstić information content (AvgIpc) is 2.74. The van der Waals surface area contributed by atoms with E-state index in [0.717, 1.165) is 0 Å². The van der Waals surface area contributed by atoms with Gasteiger partial charge in [-0.1, -0.05) is 0 Å². The van der Waals surface area contributed by atoms with Crippen LogP contribution in [-0.2, 0) is 0 Å². The van der Waals surface area contributed by atoms with Crippen LogP contribution < -0.4 is 5.32 Å². The molecule has 2 heterocycles. The van der Waals surface area contributed by atoms with E-state index in [1.807, 2.05) is 5.38 Å². The van der Waals surface area contributed by atoms with Crippen LogP contribution >= 0.6 is 22.7 Å². The van der Waals surface area contributed by atoms with E-state index < -0.39 is 0 Å². The Morgan fingerprint density at radius 2 is 2.38 bits per heavy atom. The summed E-state index contributed by atoms with van der Waals surface area (Å²) >= 11 is 2.70. The van der Waals surface area contributed by atoms with Gasteiger partial charge in [-0.25, -0.2) is 4.98 Å². The molecule has 1 amide bonds. The zero-order valence-electron chi connectivity index (χ0n) is 6.43. The van der Waals surface area contributed by atoms with E-state index in [0.29, 0.717) is 10.0 Å². The van der Waals surface area contributed by atoms with E-state index in [4.69, 9.17) is 0 Å². The number of nitrogens with zero attached hydrogens (tertiary/aromatic N) is 2. The molecule has 0 aliphatic carbocycles. The van der Waals surface area contributed by atoms with Crippen molar-refractivity contribution in [2.24, 2.45) is 0 Å². The summed E-state index contributed by atoms with van der Waals surface area (Å²) in [7, 11) is 0. The second kappa shape index (κ2) is 3.63. The van der Waals surface area contributed by atoms with Gasteiger partial charge in [0.25, 0.3) is 5.91 Å². The van der Waals surface area contributed by atoms with Crippen molar-refractivity contribution in [1.82, 2.24) is 9.97 Å². The first-order valence-corrected chi connectivity index (χ1v) is 5.21. The molecular weight excluding hydrogens is 206 g/mol. The smallest absolute Gasteiger partial charge is 0.269 e. The summed E-state index contributed by atoms with van der Waals surface area (Å²) in [5, 5.41) is 5.08. The Kier molecular flexibility index (Phi) is 2.33. The van der Waals surface area contributed by atoms with Crippen LogP contribution in [-0.4, -0.2) is 15.9 Å². The van der Waals surface area contributed by atoms with E-state index in [2.05, 4.69) is 15.3 Å². The quantitative estimate of drug-likeness (QED) is 0.824. The van der Waals surface area contributed by atoms with Crippen molar-refractivity contribution in [3.63, 3.8) is 0 Å². The Morgan fingerprint density at radius 3 is 3.00 bits per heavy atom. The highest BCUT2D eigenvalue weighted by molar-refractivity contribution is 7.14. The van der Waals surface area contributed by atoms with Crippen molar-refractivity contribution < 1.29 is 4.79 Å². The third-order valence-corrected chi connectivity index (χ3v) is 2.77. The van der Waals surface area contributed by atoms with Gasteiger partial charge in [-0.2, -0.15) is 0 Å². The van der Waals surface area contributed by atoms with Gasteiger partial charge in [-0.15, -0.1) is 22.7 Å². The Labute approximate surface area is 82.3 Å². The predicted molar refractivity (Wildman–Crippen MR) is 52.2 cm³/mol. The van der Waals surface area contributed by atoms with Crippen molar-refractivity contribution >= 4 is 33.7 Å². The Morgan fingerprint density at radius 1 is 1.46 bits per heavy atom. The molecule has 0 unspecified atom stereocenters. The fraction of sp³-hybridized carbons (Fsp3) is 0. The summed E-state index contributed by atoms with van der Waals surface area (Å²) in [4.78, 5) is 19.7. The number of amides is 1. The average molecular weight is 211 g/mol. The van der Waals surface area contributed by atoms with E-state index in [1.165, 1.54) is 28.9 Å². The summed E-state index contributed by atoms with van der Waals surface area (Å²) in [6.45, 7) is 0. The maximum Gasteiger partial charge on any atom is 0.269 e. The number of aromatic nitrogens is 2. The lowest BCUT2D eigenvalue weighted by Gasteiger charge is -1.95. The number of thiazole rings is 2. The molecule has 2 aromatic rings. The number of rotatable bonds is 2. The standard InChI is InChI=1S/C7H5N3OS2/c11-6(5-3-8-4-13-5)10-7-9-1-2-12-7/h1-4H,(H,9,10,11). The molecule has 2 aromatic heterocycles. The maximum atomic E-state index is 11.4. The highest BCUT2D eigenvalue weighted by Crippen LogP contribution is 2.13. The highest BCUT2D eigenvalue weighted by atomic mass is 32.1. The normalized spacial score (nSPS) is 9.85. The van der Waals surface area contributed by atoms with Gasteiger partial charge in [0.1, 0.15) is 4.88 Å². The molecule has 0 saturated heterocycles. The lowest BCUT2D eigenvalue weighted by molar-refractivity contribution is 0.103. The molecule has 0 bridgehead atoms. The van der Waals surface area contributed by atoms with E-state index in [9.17, 15) is 4.79 Å². The number of anilines is 1. The molecule has 0 aliphatic rings. The van der Waals surface area contributed by atoms with Crippen LogP contribution in [0, 0.1) is 0 Å². The SMILES string of the molecule is O=C(Nc1nccs1)c1cncs1. The van der Waals surface area contributed by atoms with Crippen LogP contribution in [0.4, 0.5) is 5.13 Å². The zero-order chi connectivity index (χ0) is 9.10. The molecule has 0 atom stereocenters. The maximum absolute atomic E-state index is 11.4. The molecule has 0 radical (unpaired) electrons. The highest BCUT2D eigenvalue weighted by Gasteiger charge is 2.07. The molecule has 4 nitrogen and oxygen atoms in total. The molecule has 0 spiro atoms. The molecule has 2 rings (SSSR count). The number of carbonyl (C=O) groups excluding carboxylic acids is 1. The van der Waals surface area contributed by atoms with E-state index >= 15 is 0 Å². The number of hydrogen-bond acceptors (Lipinski definition) is 5. The fourth-order valence-corrected chi connectivity index (χ4v) is 1.81. The van der Waals surface area contributed by atoms with Crippen LogP contribution in [0.15, 0.2) is 23.3 Å². The van der Waals surface area contributed by atoms with E-state index in [1.54, 1.807) is 11.7 Å². The molecule has 0 saturated carbocycles. The van der Waals surface area contributed by atoms with Crippen molar-refractivity contribution in [2.45, 2.75) is 0 Å². The van der Waals surface area contributed by atoms with Crippen LogP contribution in [0.25, 0.3) is 0 Å². The van der Waals surface area contributed by atoms with Crippen LogP contribution in [0.5, 0.6) is 0 Å². The van der Waals surface area contributed by atoms with Gasteiger partial charge in [0.2, 0.25) is 0 Å². The van der Waals surface area contributed by atoms with E-state index in [-0.39, 0.29) is 5.91 Å². The lowest BCUT2D eigenvalue weighted by atomic mass is 10.5. The zero-order valence-corrected chi connectivity index (χ0v) is 8.06. The molecule has 1 N–H and O–H groups in total. The van der Waals surface area contributed by atoms with Gasteiger partial charge >= 0.3 is 0 Å². The summed E-state index contributed by atoms with van der Waals surface area (Å²) in [6, 6.07) is 0. The third kappa shape index (κ3) is 1.90. The fourth-order valence-electron chi connectivity index (χ4n) is 0.772. The van der Waals surface area contributed by atoms with Gasteiger partial charge in [0, 0.05) is 11.6 Å². The van der Waals surface area contributed by atoms with Crippen molar-refractivity contribution in [3.8, 4) is 0 Å². The van der Waals surface area contributed by atoms with Crippen LogP contribution in [0.2, 0.25) is 0 Å². The molecule has 13 heavy (non-hydrogen) atoms. The van der Waals surface area contributed by atoms with Crippen LogP contribution in [0.3, 0.4) is 0 Å². The Balaban J connectivity index is 2.08. The molecule has 0 aliphatic heterocycles. The van der Waals surface area contributed by atoms with Crippen molar-refractivity contribution in [1.29, 1.82) is 0 Å². The van der Waals surface area contributed by atoms with Gasteiger partial charge in [-0.3, -0.25) is 15.1 Å². The first-order chi connectivity index (χ1) is 6.36. The predicted octanol–water partition coefficient (Wildman–Crippen LogP) is 1.85. The van der Waals surface area contributed by atoms with Crippen molar-refractivity contribution in [2.75, 3.05) is 5.32 Å². The molecule has 6 heteroatoms. The van der Waals surface area contributed by atoms with Gasteiger partial charge < -0.3 is 0 Å². The Bertz CT molecular complexity index is 382. The minimum Gasteiger partial charge on any atom is -0.297 e. The summed E-state index contributed by atoms with van der Waals surface area (Å²) in [6.07, 6.45) is 3.18. The monoisotopic (exact) mass is 211 g/mol. The van der Waals surface area contributed by atoms with Crippen molar-refractivity contribution in [3.05, 3.63) is 28.2 Å². The first-order valence-electron chi connectivity index (χ1n) is 3.45. The van der Waals surface area contributed by atoms with Gasteiger partial charge in [0.05, 0.1) is 11.7 Å². The Hall–Kier alpha value is -1.27.